The molecule has 2 nitrogen and oxygen atoms in total. The van der Waals surface area contributed by atoms with Gasteiger partial charge in [0, 0.05) is 16.3 Å². The maximum atomic E-state index is 5.60. The average molecular weight is 591 g/mol. The summed E-state index contributed by atoms with van der Waals surface area (Å²) in [5.41, 5.74) is 13.5. The fourth-order valence-electron chi connectivity index (χ4n) is 6.68. The highest BCUT2D eigenvalue weighted by Gasteiger charge is 2.21. The minimum absolute atomic E-state index is 0.986. The first-order chi connectivity index (χ1) is 22.3. The summed E-state index contributed by atoms with van der Waals surface area (Å²) in [6, 6.07) is 56.1. The van der Waals surface area contributed by atoms with Crippen molar-refractivity contribution in [2.45, 2.75) is 0 Å². The summed E-state index contributed by atoms with van der Waals surface area (Å²) in [5.74, 6) is 0. The van der Waals surface area contributed by atoms with Crippen LogP contribution in [0.5, 0.6) is 0 Å². The van der Waals surface area contributed by atoms with Crippen LogP contribution in [0, 0.1) is 0 Å². The molecule has 0 bridgehead atoms. The quantitative estimate of drug-likeness (QED) is 0.191. The third-order valence-electron chi connectivity index (χ3n) is 8.70. The molecule has 0 fully saturated rings. The molecule has 2 aromatic heterocycles. The van der Waals surface area contributed by atoms with Crippen LogP contribution < -0.4 is 0 Å². The number of fused-ring (bicyclic) bond motifs is 6. The molecule has 0 unspecified atom stereocenters. The molecule has 0 saturated heterocycles. The van der Waals surface area contributed by atoms with E-state index in [1.165, 1.54) is 38.9 Å². The fourth-order valence-corrected chi connectivity index (χ4v) is 7.67. The number of hydrogen-bond acceptors (Lipinski definition) is 3. The van der Waals surface area contributed by atoms with E-state index in [-0.39, 0.29) is 0 Å². The lowest BCUT2D eigenvalue weighted by molar-refractivity contribution is 1.51. The Hall–Kier alpha value is -5.64. The van der Waals surface area contributed by atoms with E-state index in [1.54, 1.807) is 11.3 Å². The van der Waals surface area contributed by atoms with Crippen molar-refractivity contribution in [2.24, 2.45) is 0 Å². The summed E-state index contributed by atoms with van der Waals surface area (Å²) < 4.78 is 2.32. The predicted octanol–water partition coefficient (Wildman–Crippen LogP) is 11.8. The van der Waals surface area contributed by atoms with Crippen molar-refractivity contribution in [1.82, 2.24) is 9.97 Å². The largest absolute Gasteiger partial charge is 0.248 e. The van der Waals surface area contributed by atoms with Gasteiger partial charge in [-0.3, -0.25) is 0 Å². The van der Waals surface area contributed by atoms with E-state index in [0.29, 0.717) is 0 Å². The van der Waals surface area contributed by atoms with E-state index in [2.05, 4.69) is 158 Å². The Morgan fingerprint density at radius 2 is 0.911 bits per heavy atom. The molecule has 0 N–H and O–H groups in total. The van der Waals surface area contributed by atoms with Crippen LogP contribution in [-0.4, -0.2) is 9.97 Å². The Labute approximate surface area is 264 Å². The van der Waals surface area contributed by atoms with Gasteiger partial charge in [0.15, 0.2) is 0 Å². The first-order valence-electron chi connectivity index (χ1n) is 15.2. The fraction of sp³-hybridized carbons (Fsp3) is 0. The van der Waals surface area contributed by atoms with E-state index >= 15 is 0 Å². The number of hydrogen-bond donors (Lipinski definition) is 0. The Morgan fingerprint density at radius 3 is 1.64 bits per heavy atom. The van der Waals surface area contributed by atoms with Gasteiger partial charge in [0.25, 0.3) is 0 Å². The molecule has 9 aromatic rings. The molecule has 0 spiro atoms. The maximum Gasteiger partial charge on any atom is 0.0910 e. The smallest absolute Gasteiger partial charge is 0.0910 e. The van der Waals surface area contributed by atoms with Crippen molar-refractivity contribution >= 4 is 53.6 Å². The molecular formula is C42H26N2S. The van der Waals surface area contributed by atoms with Crippen LogP contribution in [0.2, 0.25) is 0 Å². The van der Waals surface area contributed by atoms with Crippen molar-refractivity contribution < 1.29 is 0 Å². The van der Waals surface area contributed by atoms with Crippen molar-refractivity contribution in [3.63, 3.8) is 0 Å². The van der Waals surface area contributed by atoms with Crippen LogP contribution >= 0.6 is 11.3 Å². The first kappa shape index (κ1) is 25.8. The molecule has 3 heteroatoms. The van der Waals surface area contributed by atoms with Crippen LogP contribution in [0.15, 0.2) is 158 Å². The van der Waals surface area contributed by atoms with Crippen LogP contribution in [-0.2, 0) is 0 Å². The zero-order valence-electron chi connectivity index (χ0n) is 24.3. The topological polar surface area (TPSA) is 25.8 Å². The number of rotatable bonds is 4. The summed E-state index contributed by atoms with van der Waals surface area (Å²) in [6.45, 7) is 0. The second-order valence-corrected chi connectivity index (χ2v) is 12.4. The van der Waals surface area contributed by atoms with Crippen LogP contribution in [0.4, 0.5) is 0 Å². The Kier molecular flexibility index (Phi) is 6.03. The zero-order chi connectivity index (χ0) is 29.7. The zero-order valence-corrected chi connectivity index (χ0v) is 25.1. The molecule has 7 aromatic carbocycles. The van der Waals surface area contributed by atoms with Gasteiger partial charge in [-0.1, -0.05) is 133 Å². The summed E-state index contributed by atoms with van der Waals surface area (Å²) in [7, 11) is 0. The van der Waals surface area contributed by atoms with Gasteiger partial charge in [-0.05, 0) is 63.2 Å². The molecular weight excluding hydrogens is 565 g/mol. The van der Waals surface area contributed by atoms with Crippen molar-refractivity contribution in [3.05, 3.63) is 158 Å². The van der Waals surface area contributed by atoms with Gasteiger partial charge in [-0.15, -0.1) is 11.3 Å². The van der Waals surface area contributed by atoms with Crippen molar-refractivity contribution in [2.75, 3.05) is 0 Å². The lowest BCUT2D eigenvalue weighted by Crippen LogP contribution is -1.94. The monoisotopic (exact) mass is 590 g/mol. The maximum absolute atomic E-state index is 5.60. The van der Waals surface area contributed by atoms with Crippen LogP contribution in [0.3, 0.4) is 0 Å². The predicted molar refractivity (Wildman–Crippen MR) is 192 cm³/mol. The van der Waals surface area contributed by atoms with Gasteiger partial charge in [0.1, 0.15) is 0 Å². The molecule has 0 aliphatic heterocycles. The van der Waals surface area contributed by atoms with E-state index in [9.17, 15) is 0 Å². The second kappa shape index (κ2) is 10.5. The summed E-state index contributed by atoms with van der Waals surface area (Å²) in [4.78, 5) is 10.6. The van der Waals surface area contributed by atoms with Gasteiger partial charge in [0.2, 0.25) is 0 Å². The Bertz CT molecular complexity index is 2530. The molecule has 0 radical (unpaired) electrons. The highest BCUT2D eigenvalue weighted by Crippen LogP contribution is 2.46. The minimum Gasteiger partial charge on any atom is -0.248 e. The van der Waals surface area contributed by atoms with E-state index in [4.69, 9.17) is 9.97 Å². The molecule has 210 valence electrons. The van der Waals surface area contributed by atoms with Gasteiger partial charge in [-0.2, -0.15) is 0 Å². The molecule has 45 heavy (non-hydrogen) atoms. The van der Waals surface area contributed by atoms with Crippen LogP contribution in [0.25, 0.3) is 86.7 Å². The summed E-state index contributed by atoms with van der Waals surface area (Å²) >= 11 is 1.80. The number of nitrogens with zero attached hydrogens (tertiary/aromatic N) is 2. The van der Waals surface area contributed by atoms with Gasteiger partial charge < -0.3 is 0 Å². The average Bonchev–Trinajstić information content (AvgIpc) is 3.50. The highest BCUT2D eigenvalue weighted by atomic mass is 32.1. The number of benzene rings is 7. The summed E-state index contributed by atoms with van der Waals surface area (Å²) in [5, 5.41) is 2.27. The summed E-state index contributed by atoms with van der Waals surface area (Å²) in [6.07, 6.45) is 0. The number of aromatic nitrogens is 2. The lowest BCUT2D eigenvalue weighted by Gasteiger charge is -2.19. The van der Waals surface area contributed by atoms with E-state index in [0.717, 1.165) is 47.8 Å². The molecule has 2 heterocycles. The minimum atomic E-state index is 0.986. The molecule has 0 aliphatic carbocycles. The van der Waals surface area contributed by atoms with Crippen molar-refractivity contribution in [1.29, 1.82) is 0 Å². The molecule has 0 atom stereocenters. The molecule has 0 amide bonds. The molecule has 9 rings (SSSR count). The van der Waals surface area contributed by atoms with E-state index in [1.807, 2.05) is 0 Å². The lowest BCUT2D eigenvalue weighted by atomic mass is 9.86. The molecule has 0 aliphatic rings. The Balaban J connectivity index is 1.44. The van der Waals surface area contributed by atoms with Crippen molar-refractivity contribution in [3.8, 4) is 44.5 Å². The number of para-hydroxylation sites is 1. The second-order valence-electron chi connectivity index (χ2n) is 11.3. The Morgan fingerprint density at radius 1 is 0.356 bits per heavy atom. The standard InChI is InChI=1S/C42H26N2S/c1-3-13-27(14-4-1)29-17-7-9-19-31(29)33-23-25-37-41(39(33)32-20-10-8-18-30(32)28-15-5-2-6-16-28)44-42-38(45-37)26-24-36-40(42)34-21-11-12-22-35(34)43-36/h1-26H. The van der Waals surface area contributed by atoms with Gasteiger partial charge >= 0.3 is 0 Å². The SMILES string of the molecule is c1ccc(-c2ccccc2-c2ccc3sc4ccc5nc6ccccc6c5c4nc3c2-c2ccccc2-c2ccccc2)cc1. The normalized spacial score (nSPS) is 11.6. The molecule has 0 saturated carbocycles. The third kappa shape index (κ3) is 4.24. The van der Waals surface area contributed by atoms with Gasteiger partial charge in [-0.25, -0.2) is 9.97 Å². The highest BCUT2D eigenvalue weighted by molar-refractivity contribution is 7.24. The van der Waals surface area contributed by atoms with Gasteiger partial charge in [0.05, 0.1) is 31.5 Å². The first-order valence-corrected chi connectivity index (χ1v) is 16.0. The third-order valence-corrected chi connectivity index (χ3v) is 9.80. The van der Waals surface area contributed by atoms with Crippen LogP contribution in [0.1, 0.15) is 0 Å². The van der Waals surface area contributed by atoms with E-state index < -0.39 is 0 Å².